The molecule has 2 aromatic heterocycles. The van der Waals surface area contributed by atoms with Crippen LogP contribution >= 0.6 is 22.7 Å². The molecule has 4 rings (SSSR count). The molecule has 0 spiro atoms. The summed E-state index contributed by atoms with van der Waals surface area (Å²) in [5.41, 5.74) is -0.225. The van der Waals surface area contributed by atoms with Gasteiger partial charge in [0, 0.05) is 9.75 Å². The number of hydrogen-bond donors (Lipinski definition) is 2. The van der Waals surface area contributed by atoms with Gasteiger partial charge in [-0.2, -0.15) is 35.1 Å². The molecule has 0 unspecified atom stereocenters. The Balaban J connectivity index is 1.62. The summed E-state index contributed by atoms with van der Waals surface area (Å²) in [7, 11) is 0. The molecule has 8 nitrogen and oxygen atoms in total. The molecule has 0 saturated heterocycles. The molecule has 0 saturated carbocycles. The Kier molecular flexibility index (Phi) is 11.2. The molecule has 0 radical (unpaired) electrons. The minimum Gasteiger partial charge on any atom is -0.462 e. The number of hydrogen-bond acceptors (Lipinski definition) is 8. The lowest BCUT2D eigenvalue weighted by Gasteiger charge is -2.35. The normalized spacial score (nSPS) is 15.3. The summed E-state index contributed by atoms with van der Waals surface area (Å²) in [5, 5.41) is 1.31. The van der Waals surface area contributed by atoms with Gasteiger partial charge >= 0.3 is 47.4 Å². The lowest BCUT2D eigenvalue weighted by Crippen LogP contribution is -2.67. The summed E-state index contributed by atoms with van der Waals surface area (Å²) in [5.74, 6) is -35.8. The number of thiophene rings is 2. The fourth-order valence-electron chi connectivity index (χ4n) is 5.32. The predicted octanol–water partition coefficient (Wildman–Crippen LogP) is 7.82. The van der Waals surface area contributed by atoms with E-state index in [0.29, 0.717) is 94.9 Å². The van der Waals surface area contributed by atoms with Crippen LogP contribution in [-0.2, 0) is 44.7 Å². The molecule has 2 aliphatic carbocycles. The third kappa shape index (κ3) is 6.65. The first-order valence-electron chi connectivity index (χ1n) is 15.2. The van der Waals surface area contributed by atoms with Gasteiger partial charge in [-0.05, 0) is 75.3 Å². The average molecular weight is 733 g/mol. The Bertz CT molecular complexity index is 1460. The van der Waals surface area contributed by atoms with E-state index < -0.39 is 68.6 Å². The first-order valence-corrected chi connectivity index (χ1v) is 16.8. The zero-order valence-corrected chi connectivity index (χ0v) is 27.4. The number of ether oxygens (including phenoxy) is 2. The number of halogens is 8. The molecule has 266 valence electrons. The van der Waals surface area contributed by atoms with Crippen LogP contribution < -0.4 is 10.6 Å². The number of carbonyl (C=O) groups is 4. The summed E-state index contributed by atoms with van der Waals surface area (Å²) < 4.78 is 130. The van der Waals surface area contributed by atoms with Crippen LogP contribution in [-0.4, -0.2) is 60.7 Å². The van der Waals surface area contributed by atoms with Gasteiger partial charge in [0.1, 0.15) is 10.0 Å². The van der Waals surface area contributed by atoms with Gasteiger partial charge in [-0.3, -0.25) is 9.59 Å². The number of alkyl halides is 8. The first kappa shape index (κ1) is 37.5. The predicted molar refractivity (Wildman–Crippen MR) is 160 cm³/mol. The van der Waals surface area contributed by atoms with Gasteiger partial charge in [-0.15, -0.1) is 22.7 Å². The Morgan fingerprint density at radius 2 is 0.938 bits per heavy atom. The third-order valence-electron chi connectivity index (χ3n) is 7.83. The van der Waals surface area contributed by atoms with Crippen LogP contribution in [0.25, 0.3) is 0 Å². The number of esters is 2. The van der Waals surface area contributed by atoms with E-state index in [-0.39, 0.29) is 26.1 Å². The quantitative estimate of drug-likeness (QED) is 0.161. The molecule has 2 aromatic rings. The Morgan fingerprint density at radius 3 is 1.27 bits per heavy atom. The Hall–Kier alpha value is -3.28. The highest BCUT2D eigenvalue weighted by atomic mass is 32.1. The van der Waals surface area contributed by atoms with Crippen molar-refractivity contribution in [1.29, 1.82) is 0 Å². The van der Waals surface area contributed by atoms with E-state index in [1.807, 2.05) is 0 Å². The zero-order valence-electron chi connectivity index (χ0n) is 25.8. The first-order chi connectivity index (χ1) is 22.4. The highest BCUT2D eigenvalue weighted by molar-refractivity contribution is 7.17. The molecule has 0 aromatic carbocycles. The maximum atomic E-state index is 15.0. The molecule has 0 atom stereocenters. The van der Waals surface area contributed by atoms with E-state index in [4.69, 9.17) is 9.47 Å². The molecule has 0 bridgehead atoms. The summed E-state index contributed by atoms with van der Waals surface area (Å²) >= 11 is 1.14. The summed E-state index contributed by atoms with van der Waals surface area (Å²) in [6, 6.07) is 0. The molecule has 18 heteroatoms. The van der Waals surface area contributed by atoms with E-state index in [0.717, 1.165) is 0 Å². The van der Waals surface area contributed by atoms with Gasteiger partial charge in [0.05, 0.1) is 24.3 Å². The smallest absolute Gasteiger partial charge is 0.393 e. The van der Waals surface area contributed by atoms with Crippen molar-refractivity contribution in [3.05, 3.63) is 32.0 Å². The molecular weight excluding hydrogens is 700 g/mol. The van der Waals surface area contributed by atoms with Crippen molar-refractivity contribution in [2.45, 2.75) is 102 Å². The van der Waals surface area contributed by atoms with E-state index in [2.05, 4.69) is 0 Å². The molecule has 2 heterocycles. The second kappa shape index (κ2) is 14.3. The van der Waals surface area contributed by atoms with Crippen molar-refractivity contribution in [3.63, 3.8) is 0 Å². The largest absolute Gasteiger partial charge is 0.462 e. The number of amides is 2. The van der Waals surface area contributed by atoms with Crippen LogP contribution in [0.5, 0.6) is 0 Å². The fourth-order valence-corrected chi connectivity index (χ4v) is 7.86. The second-order valence-corrected chi connectivity index (χ2v) is 13.5. The second-order valence-electron chi connectivity index (χ2n) is 11.3. The van der Waals surface area contributed by atoms with Crippen molar-refractivity contribution in [2.24, 2.45) is 0 Å². The van der Waals surface area contributed by atoms with Gasteiger partial charge in [0.15, 0.2) is 0 Å². The van der Waals surface area contributed by atoms with Gasteiger partial charge in [0.25, 0.3) is 0 Å². The lowest BCUT2D eigenvalue weighted by atomic mass is 9.95. The highest BCUT2D eigenvalue weighted by Gasteiger charge is 2.84. The molecule has 0 aliphatic heterocycles. The van der Waals surface area contributed by atoms with Crippen molar-refractivity contribution < 1.29 is 63.8 Å². The molecule has 48 heavy (non-hydrogen) atoms. The van der Waals surface area contributed by atoms with Crippen LogP contribution in [0.3, 0.4) is 0 Å². The van der Waals surface area contributed by atoms with Gasteiger partial charge in [-0.1, -0.05) is 13.8 Å². The topological polar surface area (TPSA) is 111 Å². The van der Waals surface area contributed by atoms with Crippen LogP contribution in [0.2, 0.25) is 0 Å². The molecule has 0 fully saturated rings. The molecular formula is C30H32F8N2O6S2. The number of anilines is 2. The highest BCUT2D eigenvalue weighted by Crippen LogP contribution is 2.54. The number of aryl methyl sites for hydroxylation is 2. The van der Waals surface area contributed by atoms with Crippen LogP contribution in [0.1, 0.15) is 94.0 Å². The minimum atomic E-state index is -7.15. The molecule has 2 aliphatic rings. The zero-order chi connectivity index (χ0) is 35.7. The van der Waals surface area contributed by atoms with E-state index in [1.54, 1.807) is 13.8 Å². The van der Waals surface area contributed by atoms with Crippen molar-refractivity contribution in [2.75, 3.05) is 23.8 Å². The van der Waals surface area contributed by atoms with E-state index >= 15 is 0 Å². The van der Waals surface area contributed by atoms with Crippen molar-refractivity contribution >= 4 is 56.4 Å². The van der Waals surface area contributed by atoms with Gasteiger partial charge in [-0.25, -0.2) is 9.59 Å². The lowest BCUT2D eigenvalue weighted by molar-refractivity contribution is -0.345. The molecule has 2 N–H and O–H groups in total. The number of rotatable bonds is 13. The SMILES string of the molecule is CCCOC(=O)c1c(NC(=O)C(F)(F)C(F)(F)C(F)(F)C(F)(F)C(=O)Nc2sc3c(c2C(=O)OCCC)CCCC3)sc2c1CCCC2. The maximum Gasteiger partial charge on any atom is 0.393 e. The standard InChI is InChI=1S/C30H32F8N2O6S2/c1-3-13-45-23(41)19-15-9-5-7-11-17(15)47-21(19)39-25(43)27(31,32)29(35,36)30(37,38)28(33,34)26(44)40-22-20(24(42)46-14-4-2)16-10-6-8-12-18(16)48-22/h3-14H2,1-2H3,(H,39,43)(H,40,44). The van der Waals surface area contributed by atoms with Crippen molar-refractivity contribution in [1.82, 2.24) is 0 Å². The maximum absolute atomic E-state index is 15.0. The fraction of sp³-hybridized carbons (Fsp3) is 0.600. The van der Waals surface area contributed by atoms with Gasteiger partial charge in [0.2, 0.25) is 0 Å². The summed E-state index contributed by atoms with van der Waals surface area (Å²) in [6.45, 7) is 3.05. The summed E-state index contributed by atoms with van der Waals surface area (Å²) in [4.78, 5) is 51.3. The monoisotopic (exact) mass is 732 g/mol. The summed E-state index contributed by atoms with van der Waals surface area (Å²) in [6.07, 6.45) is 4.18. The van der Waals surface area contributed by atoms with Crippen LogP contribution in [0, 0.1) is 0 Å². The Morgan fingerprint density at radius 1 is 0.604 bits per heavy atom. The van der Waals surface area contributed by atoms with Crippen LogP contribution in [0.4, 0.5) is 45.1 Å². The number of carbonyl (C=O) groups excluding carboxylic acids is 4. The van der Waals surface area contributed by atoms with Gasteiger partial charge < -0.3 is 20.1 Å². The molecule has 2 amide bonds. The third-order valence-corrected chi connectivity index (χ3v) is 10.2. The number of nitrogens with one attached hydrogen (secondary N) is 2. The van der Waals surface area contributed by atoms with E-state index in [1.165, 1.54) is 10.6 Å². The van der Waals surface area contributed by atoms with Crippen LogP contribution in [0.15, 0.2) is 0 Å². The number of fused-ring (bicyclic) bond motifs is 2. The minimum absolute atomic E-state index is 0.121. The Labute approximate surface area is 277 Å². The van der Waals surface area contributed by atoms with E-state index in [9.17, 15) is 54.3 Å². The average Bonchev–Trinajstić information content (AvgIpc) is 3.59. The van der Waals surface area contributed by atoms with Crippen molar-refractivity contribution in [3.8, 4) is 0 Å².